The van der Waals surface area contributed by atoms with Crippen LogP contribution in [0.3, 0.4) is 0 Å². The van der Waals surface area contributed by atoms with E-state index in [4.69, 9.17) is 5.41 Å². The van der Waals surface area contributed by atoms with Crippen LogP contribution in [-0.4, -0.2) is 28.7 Å². The molecule has 0 saturated heterocycles. The monoisotopic (exact) mass is 324 g/mol. The number of benzene rings is 2. The molecule has 122 valence electrons. The smallest absolute Gasteiger partial charge is 0.259 e. The van der Waals surface area contributed by atoms with Gasteiger partial charge >= 0.3 is 0 Å². The van der Waals surface area contributed by atoms with Crippen molar-refractivity contribution in [3.8, 4) is 0 Å². The van der Waals surface area contributed by atoms with Crippen molar-refractivity contribution in [2.45, 2.75) is 12.5 Å². The fourth-order valence-corrected chi connectivity index (χ4v) is 2.93. The lowest BCUT2D eigenvalue weighted by atomic mass is 9.90. The molecule has 2 aromatic rings. The first kappa shape index (κ1) is 15.9. The minimum atomic E-state index is -0.594. The zero-order chi connectivity index (χ0) is 17.3. The second-order valence-electron chi connectivity index (χ2n) is 5.72. The molecule has 1 heterocycles. The Bertz CT molecular complexity index is 830. The number of hydrogen-bond acceptors (Lipinski definition) is 3. The van der Waals surface area contributed by atoms with E-state index < -0.39 is 11.7 Å². The van der Waals surface area contributed by atoms with Crippen LogP contribution in [0, 0.1) is 11.2 Å². The first-order valence-electron chi connectivity index (χ1n) is 7.58. The number of aliphatic hydroxyl groups excluding tert-OH is 1. The van der Waals surface area contributed by atoms with Gasteiger partial charge in [0.2, 0.25) is 0 Å². The highest BCUT2D eigenvalue weighted by Gasteiger charge is 2.35. The summed E-state index contributed by atoms with van der Waals surface area (Å²) in [6, 6.07) is 14.8. The third-order valence-corrected chi connectivity index (χ3v) is 4.25. The van der Waals surface area contributed by atoms with Crippen LogP contribution in [0.5, 0.6) is 0 Å². The molecule has 0 saturated carbocycles. The molecule has 3 rings (SSSR count). The molecule has 1 unspecified atom stereocenters. The number of amides is 1. The Hall–Kier alpha value is -2.95. The van der Waals surface area contributed by atoms with Crippen LogP contribution in [0.4, 0.5) is 4.39 Å². The first-order chi connectivity index (χ1) is 11.5. The molecule has 1 aliphatic heterocycles. The average Bonchev–Trinajstić information content (AvgIpc) is 2.59. The van der Waals surface area contributed by atoms with Crippen LogP contribution in [0.15, 0.2) is 65.9 Å². The molecular weight excluding hydrogens is 307 g/mol. The van der Waals surface area contributed by atoms with Crippen molar-refractivity contribution in [3.05, 3.63) is 82.9 Å². The largest absolute Gasteiger partial charge is 0.511 e. The molecule has 0 radical (unpaired) electrons. The molecule has 4 nitrogen and oxygen atoms in total. The highest BCUT2D eigenvalue weighted by molar-refractivity contribution is 6.27. The molecule has 2 aromatic carbocycles. The molecular formula is C19H17FN2O2. The fraction of sp³-hybridized carbons (Fsp3) is 0.158. The van der Waals surface area contributed by atoms with Gasteiger partial charge in [0, 0.05) is 19.0 Å². The van der Waals surface area contributed by atoms with Gasteiger partial charge in [0.15, 0.2) is 0 Å². The molecule has 0 fully saturated rings. The predicted octanol–water partition coefficient (Wildman–Crippen LogP) is 3.61. The number of carbonyl (C=O) groups is 1. The summed E-state index contributed by atoms with van der Waals surface area (Å²) in [6.45, 7) is 0. The third kappa shape index (κ3) is 2.69. The van der Waals surface area contributed by atoms with Gasteiger partial charge in [-0.05, 0) is 17.7 Å². The number of hydrogen-bond donors (Lipinski definition) is 2. The normalized spacial score (nSPS) is 18.0. The number of nitrogens with zero attached hydrogens (tertiary/aromatic N) is 1. The van der Waals surface area contributed by atoms with E-state index in [9.17, 15) is 14.3 Å². The number of carbonyl (C=O) groups excluding carboxylic acids is 1. The second-order valence-corrected chi connectivity index (χ2v) is 5.72. The lowest BCUT2D eigenvalue weighted by Crippen LogP contribution is -2.39. The first-order valence-corrected chi connectivity index (χ1v) is 7.58. The van der Waals surface area contributed by atoms with Crippen LogP contribution in [0.1, 0.15) is 23.6 Å². The number of halogens is 1. The zero-order valence-corrected chi connectivity index (χ0v) is 13.2. The Morgan fingerprint density at radius 2 is 1.79 bits per heavy atom. The van der Waals surface area contributed by atoms with Crippen molar-refractivity contribution in [1.82, 2.24) is 4.90 Å². The number of aliphatic hydroxyl groups is 1. The Morgan fingerprint density at radius 1 is 1.17 bits per heavy atom. The van der Waals surface area contributed by atoms with Gasteiger partial charge in [-0.25, -0.2) is 4.39 Å². The summed E-state index contributed by atoms with van der Waals surface area (Å²) >= 11 is 0. The minimum absolute atomic E-state index is 0.000962. The third-order valence-electron chi connectivity index (χ3n) is 4.25. The van der Waals surface area contributed by atoms with Crippen molar-refractivity contribution >= 4 is 11.6 Å². The van der Waals surface area contributed by atoms with Gasteiger partial charge in [-0.1, -0.05) is 42.5 Å². The minimum Gasteiger partial charge on any atom is -0.511 e. The standard InChI is InChI=1S/C19H17FN2O2/c1-22-15(12-7-3-2-4-8-12)11-16(23)17(19(22)24)18(21)13-9-5-6-10-14(13)20/h2-10,15,21,23H,11H2,1H3. The maximum Gasteiger partial charge on any atom is 0.259 e. The quantitative estimate of drug-likeness (QED) is 0.847. The molecule has 1 aliphatic rings. The second kappa shape index (κ2) is 6.28. The lowest BCUT2D eigenvalue weighted by molar-refractivity contribution is -0.128. The highest BCUT2D eigenvalue weighted by Crippen LogP contribution is 2.34. The number of nitrogens with one attached hydrogen (secondary N) is 1. The van der Waals surface area contributed by atoms with Gasteiger partial charge in [0.05, 0.1) is 11.8 Å². The molecule has 5 heteroatoms. The van der Waals surface area contributed by atoms with Crippen molar-refractivity contribution < 1.29 is 14.3 Å². The van der Waals surface area contributed by atoms with E-state index in [1.807, 2.05) is 30.3 Å². The number of rotatable bonds is 3. The molecule has 24 heavy (non-hydrogen) atoms. The SMILES string of the molecule is CN1C(=O)C(C(=N)c2ccccc2F)=C(O)CC1c1ccccc1. The highest BCUT2D eigenvalue weighted by atomic mass is 19.1. The van der Waals surface area contributed by atoms with E-state index in [1.165, 1.54) is 23.1 Å². The summed E-state index contributed by atoms with van der Waals surface area (Å²) in [5, 5.41) is 18.6. The Morgan fingerprint density at radius 3 is 2.46 bits per heavy atom. The summed E-state index contributed by atoms with van der Waals surface area (Å²) in [7, 11) is 1.63. The van der Waals surface area contributed by atoms with E-state index in [1.54, 1.807) is 13.1 Å². The lowest BCUT2D eigenvalue weighted by Gasteiger charge is -2.34. The summed E-state index contributed by atoms with van der Waals surface area (Å²) in [5.41, 5.74) is 0.457. The van der Waals surface area contributed by atoms with Crippen LogP contribution in [0.2, 0.25) is 0 Å². The van der Waals surface area contributed by atoms with E-state index in [0.29, 0.717) is 0 Å². The van der Waals surface area contributed by atoms with Crippen molar-refractivity contribution in [3.63, 3.8) is 0 Å². The van der Waals surface area contributed by atoms with Gasteiger partial charge in [-0.3, -0.25) is 10.2 Å². The van der Waals surface area contributed by atoms with E-state index in [2.05, 4.69) is 0 Å². The van der Waals surface area contributed by atoms with Crippen molar-refractivity contribution in [2.75, 3.05) is 7.05 Å². The molecule has 0 bridgehead atoms. The Kier molecular flexibility index (Phi) is 4.16. The van der Waals surface area contributed by atoms with E-state index >= 15 is 0 Å². The molecule has 1 amide bonds. The molecule has 0 aromatic heterocycles. The van der Waals surface area contributed by atoms with Gasteiger partial charge < -0.3 is 10.0 Å². The molecule has 2 N–H and O–H groups in total. The number of likely N-dealkylation sites (N-methyl/N-ethyl adjacent to an activating group) is 1. The molecule has 0 aliphatic carbocycles. The van der Waals surface area contributed by atoms with Crippen molar-refractivity contribution in [1.29, 1.82) is 5.41 Å². The van der Waals surface area contributed by atoms with Gasteiger partial charge in [0.1, 0.15) is 17.1 Å². The summed E-state index contributed by atoms with van der Waals surface area (Å²) in [4.78, 5) is 14.2. The average molecular weight is 324 g/mol. The predicted molar refractivity (Wildman–Crippen MR) is 89.5 cm³/mol. The Balaban J connectivity index is 1.99. The van der Waals surface area contributed by atoms with Gasteiger partial charge in [0.25, 0.3) is 5.91 Å². The fourth-order valence-electron chi connectivity index (χ4n) is 2.93. The summed E-state index contributed by atoms with van der Waals surface area (Å²) in [6.07, 6.45) is 0.193. The van der Waals surface area contributed by atoms with Gasteiger partial charge in [-0.15, -0.1) is 0 Å². The summed E-state index contributed by atoms with van der Waals surface area (Å²) < 4.78 is 13.9. The molecule has 0 spiro atoms. The van der Waals surface area contributed by atoms with Crippen LogP contribution in [-0.2, 0) is 4.79 Å². The Labute approximate surface area is 139 Å². The van der Waals surface area contributed by atoms with Gasteiger partial charge in [-0.2, -0.15) is 0 Å². The van der Waals surface area contributed by atoms with E-state index in [0.717, 1.165) is 5.56 Å². The summed E-state index contributed by atoms with van der Waals surface area (Å²) in [5.74, 6) is -1.26. The zero-order valence-electron chi connectivity index (χ0n) is 13.2. The maximum atomic E-state index is 13.9. The van der Waals surface area contributed by atoms with Crippen LogP contribution >= 0.6 is 0 Å². The van der Waals surface area contributed by atoms with E-state index in [-0.39, 0.29) is 35.1 Å². The van der Waals surface area contributed by atoms with Crippen LogP contribution in [0.25, 0.3) is 0 Å². The maximum absolute atomic E-state index is 13.9. The van der Waals surface area contributed by atoms with Crippen molar-refractivity contribution in [2.24, 2.45) is 0 Å². The molecule has 1 atom stereocenters. The topological polar surface area (TPSA) is 64.4 Å². The van der Waals surface area contributed by atoms with Crippen LogP contribution < -0.4 is 0 Å².